The molecule has 186 valence electrons. The van der Waals surface area contributed by atoms with E-state index in [1.165, 1.54) is 44.2 Å². The van der Waals surface area contributed by atoms with Crippen LogP contribution in [0.25, 0.3) is 5.57 Å². The van der Waals surface area contributed by atoms with Crippen molar-refractivity contribution in [2.24, 2.45) is 26.3 Å². The van der Waals surface area contributed by atoms with Crippen LogP contribution in [0.15, 0.2) is 51.7 Å². The number of hydrogen-bond acceptors (Lipinski definition) is 4. The zero-order valence-corrected chi connectivity index (χ0v) is 20.3. The maximum absolute atomic E-state index is 14.2. The second-order valence-electron chi connectivity index (χ2n) is 9.12. The van der Waals surface area contributed by atoms with Crippen molar-refractivity contribution in [2.75, 3.05) is 12.0 Å². The van der Waals surface area contributed by atoms with Crippen LogP contribution in [0.1, 0.15) is 65.4 Å². The Labute approximate surface area is 199 Å². The molecule has 1 aromatic carbocycles. The third-order valence-electron chi connectivity index (χ3n) is 6.64. The van der Waals surface area contributed by atoms with Gasteiger partial charge in [0.15, 0.2) is 0 Å². The number of halogens is 4. The lowest BCUT2D eigenvalue weighted by Gasteiger charge is -2.39. The van der Waals surface area contributed by atoms with Crippen LogP contribution >= 0.6 is 0 Å². The minimum atomic E-state index is -4.63. The number of hydrogen-bond donors (Lipinski definition) is 1. The molecule has 34 heavy (non-hydrogen) atoms. The minimum absolute atomic E-state index is 0.246. The molecule has 0 aromatic heterocycles. The largest absolute Gasteiger partial charge is 0.433 e. The Morgan fingerprint density at radius 2 is 1.85 bits per heavy atom. The lowest BCUT2D eigenvalue weighted by Crippen LogP contribution is -2.32. The summed E-state index contributed by atoms with van der Waals surface area (Å²) in [6.07, 6.45) is 4.92. The van der Waals surface area contributed by atoms with Crippen molar-refractivity contribution in [3.05, 3.63) is 48.1 Å². The van der Waals surface area contributed by atoms with Gasteiger partial charge in [-0.3, -0.25) is 15.0 Å². The monoisotopic (exact) mass is 478 g/mol. The van der Waals surface area contributed by atoms with E-state index in [2.05, 4.69) is 40.9 Å². The topological polar surface area (TPSA) is 49.1 Å². The van der Waals surface area contributed by atoms with Gasteiger partial charge in [-0.25, -0.2) is 4.39 Å². The number of nitrogens with one attached hydrogen (secondary N) is 1. The van der Waals surface area contributed by atoms with E-state index in [-0.39, 0.29) is 12.1 Å². The summed E-state index contributed by atoms with van der Waals surface area (Å²) in [7, 11) is 0. The van der Waals surface area contributed by atoms with E-state index in [1.807, 2.05) is 13.8 Å². The maximum Gasteiger partial charge on any atom is 0.433 e. The first kappa shape index (κ1) is 27.5. The number of rotatable bonds is 9. The molecule has 0 saturated heterocycles. The number of benzene rings is 1. The fourth-order valence-corrected chi connectivity index (χ4v) is 4.18. The average Bonchev–Trinajstić information content (AvgIpc) is 2.78. The SMILES string of the molecule is C=N/C=C\C(=N/CNc1cc(F)cc(/C(C)=C/N=C(\C)C(C)C2(C)CCCCC2)c1)C(F)(F)F. The summed E-state index contributed by atoms with van der Waals surface area (Å²) in [4.78, 5) is 11.4. The molecule has 1 atom stereocenters. The lowest BCUT2D eigenvalue weighted by atomic mass is 9.66. The first-order valence-corrected chi connectivity index (χ1v) is 11.5. The summed E-state index contributed by atoms with van der Waals surface area (Å²) >= 11 is 0. The van der Waals surface area contributed by atoms with Crippen molar-refractivity contribution in [1.29, 1.82) is 0 Å². The normalized spacial score (nSPS) is 18.8. The van der Waals surface area contributed by atoms with Crippen LogP contribution in [0.3, 0.4) is 0 Å². The number of aliphatic imine (C=N–C) groups is 3. The van der Waals surface area contributed by atoms with Gasteiger partial charge < -0.3 is 5.32 Å². The summed E-state index contributed by atoms with van der Waals surface area (Å²) in [6.45, 7) is 11.1. The summed E-state index contributed by atoms with van der Waals surface area (Å²) in [5.74, 6) is -0.167. The van der Waals surface area contributed by atoms with E-state index in [4.69, 9.17) is 0 Å². The van der Waals surface area contributed by atoms with E-state index >= 15 is 0 Å². The van der Waals surface area contributed by atoms with E-state index in [0.29, 0.717) is 17.2 Å². The number of anilines is 1. The van der Waals surface area contributed by atoms with E-state index in [0.717, 1.165) is 23.6 Å². The van der Waals surface area contributed by atoms with Gasteiger partial charge >= 0.3 is 6.18 Å². The molecule has 0 bridgehead atoms. The Hall–Kier alpha value is -2.77. The minimum Gasteiger partial charge on any atom is -0.366 e. The molecule has 0 spiro atoms. The highest BCUT2D eigenvalue weighted by atomic mass is 19.4. The Morgan fingerprint density at radius 1 is 1.18 bits per heavy atom. The van der Waals surface area contributed by atoms with Gasteiger partial charge in [0.25, 0.3) is 0 Å². The summed E-state index contributed by atoms with van der Waals surface area (Å²) in [5.41, 5.74) is 1.84. The van der Waals surface area contributed by atoms with Gasteiger partial charge in [-0.05, 0) is 80.2 Å². The molecular weight excluding hydrogens is 444 g/mol. The van der Waals surface area contributed by atoms with Crippen LogP contribution in [0.5, 0.6) is 0 Å². The van der Waals surface area contributed by atoms with Crippen LogP contribution in [-0.2, 0) is 0 Å². The molecule has 4 nitrogen and oxygen atoms in total. The van der Waals surface area contributed by atoms with E-state index < -0.39 is 17.7 Å². The summed E-state index contributed by atoms with van der Waals surface area (Å²) < 4.78 is 53.2. The van der Waals surface area contributed by atoms with Crippen molar-refractivity contribution in [3.63, 3.8) is 0 Å². The predicted octanol–water partition coefficient (Wildman–Crippen LogP) is 7.84. The highest BCUT2D eigenvalue weighted by Crippen LogP contribution is 2.42. The molecule has 0 heterocycles. The summed E-state index contributed by atoms with van der Waals surface area (Å²) in [5, 5.41) is 2.72. The Bertz CT molecular complexity index is 968. The van der Waals surface area contributed by atoms with Gasteiger partial charge in [-0.1, -0.05) is 33.1 Å². The van der Waals surface area contributed by atoms with Crippen LogP contribution < -0.4 is 5.32 Å². The number of allylic oxidation sites excluding steroid dienone is 2. The maximum atomic E-state index is 14.2. The third-order valence-corrected chi connectivity index (χ3v) is 6.64. The second-order valence-corrected chi connectivity index (χ2v) is 9.12. The Kier molecular flexibility index (Phi) is 9.77. The van der Waals surface area contributed by atoms with Gasteiger partial charge in [0.1, 0.15) is 18.2 Å². The first-order valence-electron chi connectivity index (χ1n) is 11.5. The van der Waals surface area contributed by atoms with Crippen LogP contribution in [0, 0.1) is 17.2 Å². The van der Waals surface area contributed by atoms with Crippen molar-refractivity contribution in [2.45, 2.75) is 66.0 Å². The van der Waals surface area contributed by atoms with Crippen molar-refractivity contribution >= 4 is 29.4 Å². The zero-order chi connectivity index (χ0) is 25.4. The van der Waals surface area contributed by atoms with Crippen LogP contribution in [0.4, 0.5) is 23.2 Å². The molecule has 2 rings (SSSR count). The molecule has 1 aliphatic rings. The highest BCUT2D eigenvalue weighted by Gasteiger charge is 2.34. The molecule has 1 saturated carbocycles. The molecular formula is C26H34F4N4. The molecule has 8 heteroatoms. The first-order chi connectivity index (χ1) is 16.0. The molecule has 1 aromatic rings. The second kappa shape index (κ2) is 12.1. The molecule has 0 radical (unpaired) electrons. The van der Waals surface area contributed by atoms with Crippen LogP contribution in [-0.4, -0.2) is 31.0 Å². The molecule has 0 amide bonds. The summed E-state index contributed by atoms with van der Waals surface area (Å²) in [6, 6.07) is 4.24. The predicted molar refractivity (Wildman–Crippen MR) is 134 cm³/mol. The standard InChI is InChI=1S/C26H34F4N4/c1-18(16-32-20(3)19(2)25(4)10-7-6-8-11-25)21-13-22(27)15-23(14-21)33-17-34-24(9-12-31-5)26(28,29)30/h9,12-16,19,33H,5-8,10-11,17H2,1-4H3/b12-9-,18-16+,32-20+,34-24+. The molecule has 1 fully saturated rings. The van der Waals surface area contributed by atoms with Gasteiger partial charge in [-0.15, -0.1) is 0 Å². The van der Waals surface area contributed by atoms with Gasteiger partial charge in [0, 0.05) is 23.8 Å². The smallest absolute Gasteiger partial charge is 0.366 e. The van der Waals surface area contributed by atoms with Crippen molar-refractivity contribution in [3.8, 4) is 0 Å². The average molecular weight is 479 g/mol. The fourth-order valence-electron chi connectivity index (χ4n) is 4.18. The molecule has 1 aliphatic carbocycles. The lowest BCUT2D eigenvalue weighted by molar-refractivity contribution is -0.0578. The fraction of sp³-hybridized carbons (Fsp3) is 0.500. The van der Waals surface area contributed by atoms with Crippen LogP contribution in [0.2, 0.25) is 0 Å². The van der Waals surface area contributed by atoms with Gasteiger partial charge in [0.05, 0.1) is 0 Å². The third kappa shape index (κ3) is 7.92. The van der Waals surface area contributed by atoms with Crippen molar-refractivity contribution < 1.29 is 17.6 Å². The Balaban J connectivity index is 2.16. The quantitative estimate of drug-likeness (QED) is 0.285. The molecule has 1 unspecified atom stereocenters. The molecule has 0 aliphatic heterocycles. The zero-order valence-electron chi connectivity index (χ0n) is 20.3. The van der Waals surface area contributed by atoms with Crippen molar-refractivity contribution in [1.82, 2.24) is 0 Å². The van der Waals surface area contributed by atoms with Gasteiger partial charge in [-0.2, -0.15) is 13.2 Å². The van der Waals surface area contributed by atoms with E-state index in [1.54, 1.807) is 12.3 Å². The highest BCUT2D eigenvalue weighted by molar-refractivity contribution is 5.99. The Morgan fingerprint density at radius 3 is 2.47 bits per heavy atom. The van der Waals surface area contributed by atoms with Gasteiger partial charge in [0.2, 0.25) is 0 Å². The number of nitrogens with zero attached hydrogens (tertiary/aromatic N) is 3. The molecule has 1 N–H and O–H groups in total. The van der Waals surface area contributed by atoms with E-state index in [9.17, 15) is 17.6 Å². The number of alkyl halides is 3.